The van der Waals surface area contributed by atoms with Gasteiger partial charge in [-0.2, -0.15) is 18.3 Å². The normalized spacial score (nSPS) is 12.7. The molecule has 0 aliphatic carbocycles. The molecule has 11 nitrogen and oxygen atoms in total. The maximum Gasteiger partial charge on any atom is 0.407 e. The molecule has 0 aliphatic heterocycles. The van der Waals surface area contributed by atoms with E-state index in [0.29, 0.717) is 11.3 Å². The van der Waals surface area contributed by atoms with Gasteiger partial charge in [0.25, 0.3) is 0 Å². The first-order valence-electron chi connectivity index (χ1n) is 12.1. The largest absolute Gasteiger partial charge is 0.453 e. The number of anilines is 2. The molecule has 0 fully saturated rings. The highest BCUT2D eigenvalue weighted by Gasteiger charge is 2.30. The van der Waals surface area contributed by atoms with Crippen molar-refractivity contribution in [3.8, 4) is 22.5 Å². The lowest BCUT2D eigenvalue weighted by Gasteiger charge is -2.14. The Labute approximate surface area is 228 Å². The highest BCUT2D eigenvalue weighted by Crippen LogP contribution is 2.35. The Hall–Kier alpha value is -3.95. The number of halogens is 4. The molecule has 1 amide bonds. The zero-order chi connectivity index (χ0) is 29.7. The van der Waals surface area contributed by atoms with Crippen LogP contribution < -0.4 is 15.4 Å². The number of rotatable bonds is 11. The fourth-order valence-electron chi connectivity index (χ4n) is 3.45. The van der Waals surface area contributed by atoms with Crippen molar-refractivity contribution in [3.63, 3.8) is 0 Å². The standard InChI is InChI=1S/C24H29F4N7O4S/c1-14(2)35-13-17(18-8-10-29-22(32-18)30-12-15(3)31-23(36)39-4)21(33-35)16-6-5-7-19(20(16)25)34-40(37,38)11-9-24(26,27)28/h5-8,10,13-15,34H,9,11-12H2,1-4H3,(H,31,36)(H,29,30,32)/t15-/m0/s1. The number of carbonyl (C=O) groups is 1. The zero-order valence-electron chi connectivity index (χ0n) is 22.1. The van der Waals surface area contributed by atoms with Crippen LogP contribution >= 0.6 is 0 Å². The zero-order valence-corrected chi connectivity index (χ0v) is 22.9. The molecule has 0 radical (unpaired) electrons. The number of ether oxygens (including phenoxy) is 1. The Morgan fingerprint density at radius 1 is 1.15 bits per heavy atom. The molecule has 0 aliphatic rings. The summed E-state index contributed by atoms with van der Waals surface area (Å²) in [4.78, 5) is 20.0. The fourth-order valence-corrected chi connectivity index (χ4v) is 4.55. The molecule has 3 aromatic rings. The van der Waals surface area contributed by atoms with Crippen LogP contribution in [0.25, 0.3) is 22.5 Å². The molecule has 0 spiro atoms. The Kier molecular flexibility index (Phi) is 9.55. The van der Waals surface area contributed by atoms with Crippen LogP contribution in [0.3, 0.4) is 0 Å². The third-order valence-corrected chi connectivity index (χ3v) is 6.75. The molecule has 218 valence electrons. The molecule has 0 saturated heterocycles. The van der Waals surface area contributed by atoms with Gasteiger partial charge in [0.1, 0.15) is 5.69 Å². The van der Waals surface area contributed by atoms with Crippen molar-refractivity contribution in [2.75, 3.05) is 29.4 Å². The molecule has 3 rings (SSSR count). The number of nitrogens with zero attached hydrogens (tertiary/aromatic N) is 4. The number of methoxy groups -OCH3 is 1. The summed E-state index contributed by atoms with van der Waals surface area (Å²) in [5.41, 5.74) is 0.295. The average molecular weight is 588 g/mol. The lowest BCUT2D eigenvalue weighted by atomic mass is 10.0. The van der Waals surface area contributed by atoms with Crippen molar-refractivity contribution in [1.82, 2.24) is 25.1 Å². The van der Waals surface area contributed by atoms with Crippen LogP contribution in [0.1, 0.15) is 33.2 Å². The van der Waals surface area contributed by atoms with Gasteiger partial charge in [-0.05, 0) is 39.0 Å². The van der Waals surface area contributed by atoms with Crippen molar-refractivity contribution in [2.24, 2.45) is 0 Å². The van der Waals surface area contributed by atoms with E-state index < -0.39 is 46.0 Å². The van der Waals surface area contributed by atoms with E-state index in [1.807, 2.05) is 18.6 Å². The second-order valence-corrected chi connectivity index (χ2v) is 10.9. The first-order chi connectivity index (χ1) is 18.7. The molecule has 16 heteroatoms. The average Bonchev–Trinajstić information content (AvgIpc) is 3.33. The van der Waals surface area contributed by atoms with E-state index in [2.05, 4.69) is 30.4 Å². The van der Waals surface area contributed by atoms with Gasteiger partial charge < -0.3 is 15.4 Å². The second kappa shape index (κ2) is 12.5. The minimum absolute atomic E-state index is 0.0885. The monoisotopic (exact) mass is 587 g/mol. The highest BCUT2D eigenvalue weighted by molar-refractivity contribution is 7.92. The first kappa shape index (κ1) is 30.6. The van der Waals surface area contributed by atoms with Gasteiger partial charge in [-0.15, -0.1) is 0 Å². The van der Waals surface area contributed by atoms with Crippen molar-refractivity contribution >= 4 is 27.8 Å². The minimum atomic E-state index is -4.69. The van der Waals surface area contributed by atoms with Crippen molar-refractivity contribution < 1.29 is 35.5 Å². The Balaban J connectivity index is 1.94. The topological polar surface area (TPSA) is 140 Å². The minimum Gasteiger partial charge on any atom is -0.453 e. The van der Waals surface area contributed by atoms with E-state index in [1.54, 1.807) is 23.9 Å². The van der Waals surface area contributed by atoms with Crippen LogP contribution in [0.15, 0.2) is 36.7 Å². The molecule has 1 aromatic carbocycles. The first-order valence-corrected chi connectivity index (χ1v) is 13.7. The molecular weight excluding hydrogens is 558 g/mol. The lowest BCUT2D eigenvalue weighted by molar-refractivity contribution is -0.129. The van der Waals surface area contributed by atoms with Gasteiger partial charge in [0.2, 0.25) is 16.0 Å². The highest BCUT2D eigenvalue weighted by atomic mass is 32.2. The van der Waals surface area contributed by atoms with Gasteiger partial charge in [0, 0.05) is 42.1 Å². The number of hydrogen-bond acceptors (Lipinski definition) is 8. The smallest absolute Gasteiger partial charge is 0.407 e. The molecule has 0 saturated carbocycles. The quantitative estimate of drug-likeness (QED) is 0.277. The maximum atomic E-state index is 15.6. The Morgan fingerprint density at radius 3 is 2.52 bits per heavy atom. The molecule has 1 atom stereocenters. The molecule has 40 heavy (non-hydrogen) atoms. The lowest BCUT2D eigenvalue weighted by Crippen LogP contribution is -2.37. The molecule has 3 N–H and O–H groups in total. The number of hydrogen-bond donors (Lipinski definition) is 3. The van der Waals surface area contributed by atoms with Gasteiger partial charge in [-0.3, -0.25) is 9.40 Å². The van der Waals surface area contributed by atoms with Crippen LogP contribution in [-0.2, 0) is 14.8 Å². The Bertz CT molecular complexity index is 1450. The summed E-state index contributed by atoms with van der Waals surface area (Å²) < 4.78 is 85.6. The van der Waals surface area contributed by atoms with Gasteiger partial charge in [-0.25, -0.2) is 27.6 Å². The predicted octanol–water partition coefficient (Wildman–Crippen LogP) is 4.58. The van der Waals surface area contributed by atoms with E-state index in [0.717, 1.165) is 6.07 Å². The maximum absolute atomic E-state index is 15.6. The van der Waals surface area contributed by atoms with E-state index in [9.17, 15) is 26.4 Å². The van der Waals surface area contributed by atoms with Crippen LogP contribution in [0.4, 0.5) is 34.0 Å². The van der Waals surface area contributed by atoms with Crippen LogP contribution in [0, 0.1) is 5.82 Å². The Morgan fingerprint density at radius 2 is 1.88 bits per heavy atom. The third-order valence-electron chi connectivity index (χ3n) is 5.48. The summed E-state index contributed by atoms with van der Waals surface area (Å²) in [5.74, 6) is -2.05. The van der Waals surface area contributed by atoms with Crippen molar-refractivity contribution in [1.29, 1.82) is 0 Å². The predicted molar refractivity (Wildman–Crippen MR) is 141 cm³/mol. The summed E-state index contributed by atoms with van der Waals surface area (Å²) >= 11 is 0. The SMILES string of the molecule is COC(=O)N[C@@H](C)CNc1nccc(-c2cn(C(C)C)nc2-c2cccc(NS(=O)(=O)CCC(F)(F)F)c2F)n1. The van der Waals surface area contributed by atoms with Crippen molar-refractivity contribution in [3.05, 3.63) is 42.5 Å². The molecule has 2 aromatic heterocycles. The number of benzene rings is 1. The summed E-state index contributed by atoms with van der Waals surface area (Å²) in [5, 5.41) is 10.1. The van der Waals surface area contributed by atoms with E-state index >= 15 is 4.39 Å². The second-order valence-electron chi connectivity index (χ2n) is 9.10. The van der Waals surface area contributed by atoms with E-state index in [4.69, 9.17) is 0 Å². The summed E-state index contributed by atoms with van der Waals surface area (Å²) in [6, 6.07) is 4.97. The summed E-state index contributed by atoms with van der Waals surface area (Å²) in [7, 11) is -3.24. The van der Waals surface area contributed by atoms with Crippen molar-refractivity contribution in [2.45, 2.75) is 45.5 Å². The molecule has 0 bridgehead atoms. The number of alkyl carbamates (subject to hydrolysis) is 1. The van der Waals surface area contributed by atoms with Crippen LogP contribution in [-0.4, -0.2) is 65.9 Å². The van der Waals surface area contributed by atoms with Gasteiger partial charge >= 0.3 is 12.3 Å². The van der Waals surface area contributed by atoms with Gasteiger partial charge in [0.05, 0.1) is 30.7 Å². The number of sulfonamides is 1. The number of nitrogens with one attached hydrogen (secondary N) is 3. The molecule has 2 heterocycles. The van der Waals surface area contributed by atoms with Gasteiger partial charge in [-0.1, -0.05) is 6.07 Å². The van der Waals surface area contributed by atoms with E-state index in [-0.39, 0.29) is 35.8 Å². The van der Waals surface area contributed by atoms with Gasteiger partial charge in [0.15, 0.2) is 5.82 Å². The third kappa shape index (κ3) is 8.27. The fraction of sp³-hybridized carbons (Fsp3) is 0.417. The number of carbonyl (C=O) groups excluding carboxylic acids is 1. The number of amides is 1. The summed E-state index contributed by atoms with van der Waals surface area (Å²) in [6.07, 6.45) is -3.74. The summed E-state index contributed by atoms with van der Waals surface area (Å²) in [6.45, 7) is 5.71. The molecular formula is C24H29F4N7O4S. The number of alkyl halides is 3. The van der Waals surface area contributed by atoms with E-state index in [1.165, 1.54) is 25.4 Å². The molecule has 0 unspecified atom stereocenters. The number of aromatic nitrogens is 4. The van der Waals surface area contributed by atoms with Crippen LogP contribution in [0.5, 0.6) is 0 Å². The van der Waals surface area contributed by atoms with Crippen LogP contribution in [0.2, 0.25) is 0 Å².